The molecule has 1 amide bonds. The second-order valence-electron chi connectivity index (χ2n) is 8.84. The highest BCUT2D eigenvalue weighted by atomic mass is 35.5. The quantitative estimate of drug-likeness (QED) is 0.267. The first-order valence-electron chi connectivity index (χ1n) is 11.6. The zero-order valence-electron chi connectivity index (χ0n) is 20.4. The van der Waals surface area contributed by atoms with Crippen molar-refractivity contribution in [3.63, 3.8) is 0 Å². The topological polar surface area (TPSA) is 84.7 Å². The van der Waals surface area contributed by atoms with Crippen molar-refractivity contribution < 1.29 is 13.6 Å². The molecule has 5 rings (SSSR count). The van der Waals surface area contributed by atoms with Gasteiger partial charge in [0.15, 0.2) is 0 Å². The van der Waals surface area contributed by atoms with Gasteiger partial charge < -0.3 is 5.32 Å². The number of hydrogen-bond acceptors (Lipinski definition) is 3. The van der Waals surface area contributed by atoms with Crippen LogP contribution >= 0.6 is 11.6 Å². The molecule has 192 valence electrons. The van der Waals surface area contributed by atoms with Crippen molar-refractivity contribution in [1.82, 2.24) is 19.6 Å². The third-order valence-electron chi connectivity index (χ3n) is 5.98. The lowest BCUT2D eigenvalue weighted by atomic mass is 10.1. The van der Waals surface area contributed by atoms with Gasteiger partial charge in [-0.2, -0.15) is 13.9 Å². The predicted octanol–water partition coefficient (Wildman–Crippen LogP) is 6.34. The molecular formula is C28H22ClF2N5O2. The predicted molar refractivity (Wildman–Crippen MR) is 143 cm³/mol. The van der Waals surface area contributed by atoms with Crippen LogP contribution in [0.4, 0.5) is 14.5 Å². The van der Waals surface area contributed by atoms with E-state index in [2.05, 4.69) is 15.5 Å². The Morgan fingerprint density at radius 1 is 1.00 bits per heavy atom. The number of halogens is 3. The third kappa shape index (κ3) is 5.01. The number of rotatable bonds is 6. The Balaban J connectivity index is 1.39. The molecule has 0 aliphatic rings. The normalized spacial score (nSPS) is 11.5. The van der Waals surface area contributed by atoms with Crippen LogP contribution in [0.15, 0.2) is 89.7 Å². The average Bonchev–Trinajstić information content (AvgIpc) is 3.48. The summed E-state index contributed by atoms with van der Waals surface area (Å²) in [5.41, 5.74) is 3.34. The first kappa shape index (κ1) is 25.2. The number of aromatic nitrogens is 4. The first-order valence-corrected chi connectivity index (χ1v) is 12.0. The van der Waals surface area contributed by atoms with E-state index >= 15 is 0 Å². The molecule has 0 fully saturated rings. The lowest BCUT2D eigenvalue weighted by molar-refractivity contribution is 0.0124. The van der Waals surface area contributed by atoms with Crippen LogP contribution in [0.5, 0.6) is 0 Å². The molecule has 0 aliphatic carbocycles. The number of aryl methyl sites for hydroxylation is 1. The Labute approximate surface area is 221 Å². The highest BCUT2D eigenvalue weighted by Crippen LogP contribution is 2.33. The molecular weight excluding hydrogens is 512 g/mol. The lowest BCUT2D eigenvalue weighted by Crippen LogP contribution is -2.12. The minimum absolute atomic E-state index is 0.196. The van der Waals surface area contributed by atoms with Gasteiger partial charge in [0.05, 0.1) is 22.1 Å². The number of para-hydroxylation sites is 1. The summed E-state index contributed by atoms with van der Waals surface area (Å²) in [6.07, 6.45) is 0. The summed E-state index contributed by atoms with van der Waals surface area (Å²) in [5.74, 6) is -3.48. The molecule has 38 heavy (non-hydrogen) atoms. The maximum Gasteiger partial charge on any atom is 0.288 e. The number of benzene rings is 3. The van der Waals surface area contributed by atoms with Gasteiger partial charge in [-0.3, -0.25) is 19.4 Å². The third-order valence-corrected chi connectivity index (χ3v) is 6.30. The van der Waals surface area contributed by atoms with Gasteiger partial charge >= 0.3 is 0 Å². The molecule has 2 heterocycles. The number of alkyl halides is 2. The Morgan fingerprint density at radius 2 is 1.68 bits per heavy atom. The molecule has 0 atom stereocenters. The van der Waals surface area contributed by atoms with Gasteiger partial charge in [-0.25, -0.2) is 4.68 Å². The van der Waals surface area contributed by atoms with Crippen LogP contribution in [0, 0.1) is 6.92 Å². The van der Waals surface area contributed by atoms with Crippen LogP contribution in [-0.2, 0) is 5.92 Å². The summed E-state index contributed by atoms with van der Waals surface area (Å²) in [7, 11) is 0. The summed E-state index contributed by atoms with van der Waals surface area (Å²) < 4.78 is 31.3. The van der Waals surface area contributed by atoms with Crippen molar-refractivity contribution in [2.45, 2.75) is 19.8 Å². The molecule has 2 N–H and O–H groups in total. The van der Waals surface area contributed by atoms with Gasteiger partial charge in [-0.1, -0.05) is 35.9 Å². The minimum Gasteiger partial charge on any atom is -0.322 e. The number of anilines is 1. The van der Waals surface area contributed by atoms with E-state index in [-0.39, 0.29) is 11.5 Å². The van der Waals surface area contributed by atoms with Crippen LogP contribution in [-0.4, -0.2) is 25.5 Å². The fraction of sp³-hybridized carbons (Fsp3) is 0.107. The molecule has 7 nitrogen and oxygen atoms in total. The SMILES string of the molecule is Cc1cc(=O)[nH]n1-c1ccc(NC(=O)c2ccc(-c3cc(C(C)(F)F)nn3-c3ccccc3Cl)cc2)cc1. The Hall–Kier alpha value is -4.50. The minimum atomic E-state index is -3.15. The van der Waals surface area contributed by atoms with E-state index < -0.39 is 11.6 Å². The van der Waals surface area contributed by atoms with Gasteiger partial charge in [0, 0.05) is 35.5 Å². The Bertz CT molecular complexity index is 1680. The molecule has 0 saturated carbocycles. The average molecular weight is 534 g/mol. The van der Waals surface area contributed by atoms with Crippen molar-refractivity contribution in [1.29, 1.82) is 0 Å². The standard InChI is InChI=1S/C28H22ClF2N5O2/c1-17-15-26(37)34-35(17)21-13-11-20(12-14-21)32-27(38)19-9-7-18(8-10-19)24-16-25(28(2,30)31)33-36(24)23-6-4-3-5-22(23)29/h3-16H,1-2H3,(H,32,38)(H,34,37). The van der Waals surface area contributed by atoms with Crippen LogP contribution < -0.4 is 10.9 Å². The molecule has 5 aromatic rings. The zero-order chi connectivity index (χ0) is 27.0. The maximum absolute atomic E-state index is 14.1. The summed E-state index contributed by atoms with van der Waals surface area (Å²) in [5, 5.41) is 10.0. The van der Waals surface area contributed by atoms with Crippen molar-refractivity contribution >= 4 is 23.2 Å². The van der Waals surface area contributed by atoms with Crippen molar-refractivity contribution in [3.8, 4) is 22.6 Å². The highest BCUT2D eigenvalue weighted by Gasteiger charge is 2.30. The number of nitrogens with zero attached hydrogens (tertiary/aromatic N) is 3. The fourth-order valence-corrected chi connectivity index (χ4v) is 4.27. The van der Waals surface area contributed by atoms with E-state index in [0.717, 1.165) is 18.3 Å². The van der Waals surface area contributed by atoms with Crippen molar-refractivity contribution in [3.05, 3.63) is 117 Å². The van der Waals surface area contributed by atoms with Crippen molar-refractivity contribution in [2.75, 3.05) is 5.32 Å². The molecule has 0 unspecified atom stereocenters. The van der Waals surface area contributed by atoms with E-state index in [1.165, 1.54) is 16.8 Å². The Morgan fingerprint density at radius 3 is 2.29 bits per heavy atom. The fourth-order valence-electron chi connectivity index (χ4n) is 4.05. The van der Waals surface area contributed by atoms with Crippen LogP contribution in [0.2, 0.25) is 5.02 Å². The van der Waals surface area contributed by atoms with Gasteiger partial charge in [-0.05, 0) is 61.5 Å². The summed E-state index contributed by atoms with van der Waals surface area (Å²) in [6, 6.07) is 23.2. The summed E-state index contributed by atoms with van der Waals surface area (Å²) >= 11 is 6.32. The number of nitrogens with one attached hydrogen (secondary N) is 2. The number of amides is 1. The maximum atomic E-state index is 14.1. The molecule has 0 aliphatic heterocycles. The molecule has 2 aromatic heterocycles. The zero-order valence-corrected chi connectivity index (χ0v) is 21.1. The van der Waals surface area contributed by atoms with Crippen LogP contribution in [0.25, 0.3) is 22.6 Å². The molecule has 3 aromatic carbocycles. The number of aromatic amines is 1. The van der Waals surface area contributed by atoms with Gasteiger partial charge in [0.1, 0.15) is 5.69 Å². The van der Waals surface area contributed by atoms with E-state index in [1.807, 2.05) is 6.92 Å². The van der Waals surface area contributed by atoms with Crippen LogP contribution in [0.1, 0.15) is 28.7 Å². The van der Waals surface area contributed by atoms with E-state index in [0.29, 0.717) is 33.2 Å². The summed E-state index contributed by atoms with van der Waals surface area (Å²) in [6.45, 7) is 2.60. The smallest absolute Gasteiger partial charge is 0.288 e. The van der Waals surface area contributed by atoms with Gasteiger partial charge in [0.2, 0.25) is 0 Å². The molecule has 0 saturated heterocycles. The number of carbonyl (C=O) groups is 1. The second-order valence-corrected chi connectivity index (χ2v) is 9.25. The number of H-pyrrole nitrogens is 1. The Kier molecular flexibility index (Phi) is 6.46. The molecule has 0 spiro atoms. The van der Waals surface area contributed by atoms with Gasteiger partial charge in [0.25, 0.3) is 17.4 Å². The monoisotopic (exact) mass is 533 g/mol. The number of hydrogen-bond donors (Lipinski definition) is 2. The number of carbonyl (C=O) groups excluding carboxylic acids is 1. The van der Waals surface area contributed by atoms with E-state index in [9.17, 15) is 18.4 Å². The van der Waals surface area contributed by atoms with Crippen LogP contribution in [0.3, 0.4) is 0 Å². The van der Waals surface area contributed by atoms with E-state index in [1.54, 1.807) is 77.5 Å². The largest absolute Gasteiger partial charge is 0.322 e. The van der Waals surface area contributed by atoms with Crippen molar-refractivity contribution in [2.24, 2.45) is 0 Å². The summed E-state index contributed by atoms with van der Waals surface area (Å²) in [4.78, 5) is 24.4. The molecule has 0 bridgehead atoms. The highest BCUT2D eigenvalue weighted by molar-refractivity contribution is 6.32. The second kappa shape index (κ2) is 9.75. The molecule has 0 radical (unpaired) electrons. The molecule has 10 heteroatoms. The first-order chi connectivity index (χ1) is 18.1. The lowest BCUT2D eigenvalue weighted by Gasteiger charge is -2.11. The van der Waals surface area contributed by atoms with Gasteiger partial charge in [-0.15, -0.1) is 0 Å². The van der Waals surface area contributed by atoms with E-state index in [4.69, 9.17) is 11.6 Å².